The number of benzene rings is 1. The Balaban J connectivity index is 2.52. The van der Waals surface area contributed by atoms with Gasteiger partial charge in [-0.3, -0.25) is 14.4 Å². The van der Waals surface area contributed by atoms with Crippen LogP contribution in [0.2, 0.25) is 0 Å². The molecule has 4 atom stereocenters. The van der Waals surface area contributed by atoms with Crippen LogP contribution in [0.4, 0.5) is 0 Å². The quantitative estimate of drug-likeness (QED) is 0.496. The number of methoxy groups -OCH3 is 1. The summed E-state index contributed by atoms with van der Waals surface area (Å²) in [5, 5.41) is 11.1. The summed E-state index contributed by atoms with van der Waals surface area (Å²) < 4.78 is 16.0. The fourth-order valence-electron chi connectivity index (χ4n) is 3.92. The molecule has 1 aliphatic rings. The van der Waals surface area contributed by atoms with Gasteiger partial charge in [0.2, 0.25) is 0 Å². The van der Waals surface area contributed by atoms with Crippen molar-refractivity contribution in [3.63, 3.8) is 0 Å². The zero-order chi connectivity index (χ0) is 23.3. The van der Waals surface area contributed by atoms with Crippen LogP contribution in [0.1, 0.15) is 52.5 Å². The highest BCUT2D eigenvalue weighted by Gasteiger charge is 2.57. The van der Waals surface area contributed by atoms with Crippen molar-refractivity contribution < 1.29 is 33.7 Å². The summed E-state index contributed by atoms with van der Waals surface area (Å²) in [5.41, 5.74) is -1.10. The van der Waals surface area contributed by atoms with Crippen LogP contribution < -0.4 is 4.74 Å². The van der Waals surface area contributed by atoms with E-state index in [0.717, 1.165) is 0 Å². The third-order valence-corrected chi connectivity index (χ3v) is 5.39. The van der Waals surface area contributed by atoms with Gasteiger partial charge in [0.05, 0.1) is 31.8 Å². The first-order valence-corrected chi connectivity index (χ1v) is 10.7. The van der Waals surface area contributed by atoms with E-state index in [-0.39, 0.29) is 31.5 Å². The minimum absolute atomic E-state index is 0.0944. The first-order valence-electron chi connectivity index (χ1n) is 10.7. The molecule has 7 heteroatoms. The van der Waals surface area contributed by atoms with Crippen LogP contribution in [-0.2, 0) is 23.9 Å². The van der Waals surface area contributed by atoms with Crippen molar-refractivity contribution >= 4 is 17.7 Å². The van der Waals surface area contributed by atoms with E-state index in [4.69, 9.17) is 14.2 Å². The van der Waals surface area contributed by atoms with Crippen molar-refractivity contribution in [2.75, 3.05) is 20.3 Å². The van der Waals surface area contributed by atoms with E-state index in [1.807, 2.05) is 27.7 Å². The molecule has 0 saturated heterocycles. The lowest BCUT2D eigenvalue weighted by Gasteiger charge is -2.43. The SMILES string of the molecule is COc1ccc([C@H]2[C@H](C(=O)OCC(C)C)C(=O)C[C@@](C)(O)[C@@H]2C(=O)OCC(C)C)cc1. The molecule has 1 aromatic rings. The lowest BCUT2D eigenvalue weighted by molar-refractivity contribution is -0.173. The smallest absolute Gasteiger partial charge is 0.317 e. The second-order valence-corrected chi connectivity index (χ2v) is 9.30. The Morgan fingerprint density at radius 2 is 1.55 bits per heavy atom. The number of esters is 2. The molecular weight excluding hydrogens is 400 g/mol. The van der Waals surface area contributed by atoms with Gasteiger partial charge in [-0.1, -0.05) is 39.8 Å². The maximum absolute atomic E-state index is 13.1. The van der Waals surface area contributed by atoms with Gasteiger partial charge in [-0.25, -0.2) is 0 Å². The van der Waals surface area contributed by atoms with Gasteiger partial charge in [-0.15, -0.1) is 0 Å². The molecule has 1 aliphatic carbocycles. The molecule has 0 radical (unpaired) electrons. The summed E-state index contributed by atoms with van der Waals surface area (Å²) in [7, 11) is 1.53. The van der Waals surface area contributed by atoms with Crippen molar-refractivity contribution in [1.29, 1.82) is 0 Å². The van der Waals surface area contributed by atoms with Crippen LogP contribution in [0.5, 0.6) is 5.75 Å². The normalized spacial score (nSPS) is 26.1. The van der Waals surface area contributed by atoms with Crippen LogP contribution in [0.3, 0.4) is 0 Å². The Kier molecular flexibility index (Phi) is 8.23. The van der Waals surface area contributed by atoms with E-state index in [0.29, 0.717) is 11.3 Å². The number of carbonyl (C=O) groups excluding carboxylic acids is 3. The van der Waals surface area contributed by atoms with Gasteiger partial charge in [-0.05, 0) is 36.5 Å². The number of Topliss-reactive ketones (excluding diaryl/α,β-unsaturated/α-hetero) is 1. The van der Waals surface area contributed by atoms with Gasteiger partial charge in [0.15, 0.2) is 5.78 Å². The van der Waals surface area contributed by atoms with Crippen LogP contribution in [0.25, 0.3) is 0 Å². The van der Waals surface area contributed by atoms with Crippen LogP contribution in [0, 0.1) is 23.7 Å². The molecule has 0 heterocycles. The van der Waals surface area contributed by atoms with E-state index in [1.54, 1.807) is 24.3 Å². The highest BCUT2D eigenvalue weighted by Crippen LogP contribution is 2.47. The molecule has 0 spiro atoms. The Morgan fingerprint density at radius 3 is 2.03 bits per heavy atom. The van der Waals surface area contributed by atoms with Crippen molar-refractivity contribution in [3.8, 4) is 5.75 Å². The third kappa shape index (κ3) is 6.06. The minimum atomic E-state index is -1.66. The first-order chi connectivity index (χ1) is 14.5. The molecule has 7 nitrogen and oxygen atoms in total. The summed E-state index contributed by atoms with van der Waals surface area (Å²) in [6.45, 7) is 9.39. The molecule has 172 valence electrons. The van der Waals surface area contributed by atoms with Gasteiger partial charge in [0.25, 0.3) is 0 Å². The number of hydrogen-bond donors (Lipinski definition) is 1. The van der Waals surface area contributed by atoms with E-state index in [1.165, 1.54) is 14.0 Å². The number of ether oxygens (including phenoxy) is 3. The van der Waals surface area contributed by atoms with E-state index >= 15 is 0 Å². The standard InChI is InChI=1S/C24H34O7/c1-14(2)12-30-22(26)20-18(25)11-24(5,28)21(23(27)31-13-15(3)4)19(20)16-7-9-17(29-6)10-8-16/h7-10,14-15,19-21,28H,11-13H2,1-6H3/t19-,20+,21-,24+/m0/s1. The lowest BCUT2D eigenvalue weighted by atomic mass is 9.61. The highest BCUT2D eigenvalue weighted by molar-refractivity contribution is 6.02. The largest absolute Gasteiger partial charge is 0.497 e. The van der Waals surface area contributed by atoms with Gasteiger partial charge in [0.1, 0.15) is 11.7 Å². The zero-order valence-electron chi connectivity index (χ0n) is 19.2. The second-order valence-electron chi connectivity index (χ2n) is 9.30. The zero-order valence-corrected chi connectivity index (χ0v) is 19.2. The Labute approximate surface area is 184 Å². The highest BCUT2D eigenvalue weighted by atomic mass is 16.5. The van der Waals surface area contributed by atoms with Crippen molar-refractivity contribution in [2.24, 2.45) is 23.7 Å². The maximum atomic E-state index is 13.1. The van der Waals surface area contributed by atoms with Crippen molar-refractivity contribution in [2.45, 2.75) is 52.6 Å². The average molecular weight is 435 g/mol. The lowest BCUT2D eigenvalue weighted by Crippen LogP contribution is -2.55. The van der Waals surface area contributed by atoms with Crippen molar-refractivity contribution in [3.05, 3.63) is 29.8 Å². The predicted molar refractivity (Wildman–Crippen MR) is 115 cm³/mol. The molecule has 0 bridgehead atoms. The molecule has 0 amide bonds. The number of ketones is 1. The summed E-state index contributed by atoms with van der Waals surface area (Å²) in [4.78, 5) is 39.1. The molecule has 1 saturated carbocycles. The summed E-state index contributed by atoms with van der Waals surface area (Å²) >= 11 is 0. The molecular formula is C24H34O7. The molecule has 1 N–H and O–H groups in total. The van der Waals surface area contributed by atoms with Crippen LogP contribution >= 0.6 is 0 Å². The van der Waals surface area contributed by atoms with Gasteiger partial charge < -0.3 is 19.3 Å². The summed E-state index contributed by atoms with van der Waals surface area (Å²) in [5.74, 6) is -4.20. The van der Waals surface area contributed by atoms with Crippen LogP contribution in [0.15, 0.2) is 24.3 Å². The predicted octanol–water partition coefficient (Wildman–Crippen LogP) is 3.13. The first kappa shape index (κ1) is 24.9. The number of hydrogen-bond acceptors (Lipinski definition) is 7. The van der Waals surface area contributed by atoms with Gasteiger partial charge in [-0.2, -0.15) is 0 Å². The monoisotopic (exact) mass is 434 g/mol. The Morgan fingerprint density at radius 1 is 1.03 bits per heavy atom. The van der Waals surface area contributed by atoms with Crippen LogP contribution in [-0.4, -0.2) is 48.8 Å². The van der Waals surface area contributed by atoms with Gasteiger partial charge in [0, 0.05) is 12.3 Å². The van der Waals surface area contributed by atoms with E-state index in [9.17, 15) is 19.5 Å². The average Bonchev–Trinajstić information content (AvgIpc) is 2.69. The Bertz CT molecular complexity index is 780. The third-order valence-electron chi connectivity index (χ3n) is 5.39. The fraction of sp³-hybridized carbons (Fsp3) is 0.625. The number of rotatable bonds is 8. The molecule has 2 rings (SSSR count). The number of carbonyl (C=O) groups is 3. The minimum Gasteiger partial charge on any atom is -0.497 e. The van der Waals surface area contributed by atoms with E-state index in [2.05, 4.69) is 0 Å². The molecule has 1 aromatic carbocycles. The molecule has 0 aliphatic heterocycles. The fourth-order valence-corrected chi connectivity index (χ4v) is 3.92. The second kappa shape index (κ2) is 10.3. The maximum Gasteiger partial charge on any atom is 0.317 e. The molecule has 0 aromatic heterocycles. The molecule has 31 heavy (non-hydrogen) atoms. The van der Waals surface area contributed by atoms with E-state index < -0.39 is 41.1 Å². The molecule has 0 unspecified atom stereocenters. The number of aliphatic hydroxyl groups is 1. The summed E-state index contributed by atoms with van der Waals surface area (Å²) in [6, 6.07) is 6.78. The molecule has 1 fully saturated rings. The Hall–Kier alpha value is -2.41. The summed E-state index contributed by atoms with van der Waals surface area (Å²) in [6.07, 6.45) is -0.331. The van der Waals surface area contributed by atoms with Crippen molar-refractivity contribution in [1.82, 2.24) is 0 Å². The topological polar surface area (TPSA) is 99.1 Å². The van der Waals surface area contributed by atoms with Gasteiger partial charge >= 0.3 is 11.9 Å².